The minimum Gasteiger partial charge on any atom is -0.494 e. The molecule has 1 N–H and O–H groups in total. The molecule has 146 valence electrons. The summed E-state index contributed by atoms with van der Waals surface area (Å²) in [7, 11) is 1.43. The summed E-state index contributed by atoms with van der Waals surface area (Å²) < 4.78 is 21.9. The van der Waals surface area contributed by atoms with Crippen LogP contribution in [-0.4, -0.2) is 21.5 Å². The first-order valence-electron chi connectivity index (χ1n) is 9.13. The number of hydrogen-bond donors (Lipinski definition) is 1. The molecule has 0 radical (unpaired) electrons. The van der Waals surface area contributed by atoms with E-state index in [2.05, 4.69) is 9.97 Å². The molecule has 0 saturated heterocycles. The van der Waals surface area contributed by atoms with Gasteiger partial charge in [-0.15, -0.1) is 11.3 Å². The maximum absolute atomic E-state index is 15.2. The van der Waals surface area contributed by atoms with Crippen LogP contribution in [0.15, 0.2) is 51.8 Å². The number of H-pyrrole nitrogens is 1. The third kappa shape index (κ3) is 2.87. The van der Waals surface area contributed by atoms with Gasteiger partial charge in [0.15, 0.2) is 11.6 Å². The van der Waals surface area contributed by atoms with Gasteiger partial charge in [-0.2, -0.15) is 0 Å². The van der Waals surface area contributed by atoms with Crippen molar-refractivity contribution < 1.29 is 9.13 Å². The van der Waals surface area contributed by atoms with Crippen molar-refractivity contribution in [2.24, 2.45) is 0 Å². The topological polar surface area (TPSA) is 76.5 Å². The van der Waals surface area contributed by atoms with Crippen LogP contribution in [0.5, 0.6) is 5.75 Å². The van der Waals surface area contributed by atoms with E-state index in [4.69, 9.17) is 4.74 Å². The summed E-state index contributed by atoms with van der Waals surface area (Å²) in [6.45, 7) is 0. The monoisotopic (exact) mass is 409 g/mol. The van der Waals surface area contributed by atoms with Gasteiger partial charge in [0.2, 0.25) is 0 Å². The zero-order valence-corrected chi connectivity index (χ0v) is 16.3. The molecule has 4 aromatic rings. The number of pyridine rings is 2. The summed E-state index contributed by atoms with van der Waals surface area (Å²) in [5.74, 6) is -0.346. The fourth-order valence-corrected chi connectivity index (χ4v) is 4.56. The van der Waals surface area contributed by atoms with Gasteiger partial charge >= 0.3 is 5.69 Å². The van der Waals surface area contributed by atoms with Gasteiger partial charge in [-0.3, -0.25) is 19.2 Å². The average Bonchev–Trinajstić information content (AvgIpc) is 3.44. The Bertz CT molecular complexity index is 1350. The smallest absolute Gasteiger partial charge is 0.333 e. The average molecular weight is 409 g/mol. The molecule has 6 nitrogen and oxygen atoms in total. The highest BCUT2D eigenvalue weighted by atomic mass is 32.1. The number of nitrogens with zero attached hydrogens (tertiary/aromatic N) is 2. The largest absolute Gasteiger partial charge is 0.494 e. The van der Waals surface area contributed by atoms with Crippen LogP contribution in [0.1, 0.15) is 24.3 Å². The molecule has 29 heavy (non-hydrogen) atoms. The highest BCUT2D eigenvalue weighted by Crippen LogP contribution is 2.45. The third-order valence-electron chi connectivity index (χ3n) is 5.13. The fourth-order valence-electron chi connectivity index (χ4n) is 3.67. The van der Waals surface area contributed by atoms with E-state index in [1.807, 2.05) is 23.6 Å². The summed E-state index contributed by atoms with van der Waals surface area (Å²) in [5.41, 5.74) is 1.50. The second-order valence-corrected chi connectivity index (χ2v) is 7.90. The molecule has 1 saturated carbocycles. The molecule has 0 unspecified atom stereocenters. The maximum atomic E-state index is 15.2. The van der Waals surface area contributed by atoms with Crippen LogP contribution < -0.4 is 16.0 Å². The second kappa shape index (κ2) is 6.66. The number of hydrogen-bond acceptors (Lipinski definition) is 5. The molecule has 0 atom stereocenters. The van der Waals surface area contributed by atoms with E-state index in [0.29, 0.717) is 16.6 Å². The van der Waals surface area contributed by atoms with Gasteiger partial charge in [-0.25, -0.2) is 9.18 Å². The van der Waals surface area contributed by atoms with Crippen molar-refractivity contribution in [3.63, 3.8) is 0 Å². The quantitative estimate of drug-likeness (QED) is 0.556. The van der Waals surface area contributed by atoms with E-state index in [0.717, 1.165) is 33.9 Å². The van der Waals surface area contributed by atoms with Gasteiger partial charge < -0.3 is 4.74 Å². The normalized spacial score (nSPS) is 13.7. The predicted molar refractivity (Wildman–Crippen MR) is 109 cm³/mol. The van der Waals surface area contributed by atoms with Crippen LogP contribution in [-0.2, 0) is 0 Å². The second-order valence-electron chi connectivity index (χ2n) is 6.99. The first-order valence-corrected chi connectivity index (χ1v) is 10.0. The summed E-state index contributed by atoms with van der Waals surface area (Å²) in [5, 5.41) is 1.84. The predicted octanol–water partition coefficient (Wildman–Crippen LogP) is 3.80. The van der Waals surface area contributed by atoms with E-state index in [1.165, 1.54) is 18.4 Å². The lowest BCUT2D eigenvalue weighted by Gasteiger charge is -2.15. The summed E-state index contributed by atoms with van der Waals surface area (Å²) in [4.78, 5) is 32.2. The van der Waals surface area contributed by atoms with E-state index < -0.39 is 17.1 Å². The highest BCUT2D eigenvalue weighted by Gasteiger charge is 2.32. The molecule has 4 heterocycles. The number of rotatable bonds is 4. The minimum absolute atomic E-state index is 0.0509. The Hall–Kier alpha value is -3.26. The third-order valence-corrected chi connectivity index (χ3v) is 6.11. The number of ether oxygens (including phenoxy) is 1. The molecule has 1 fully saturated rings. The Morgan fingerprint density at radius 1 is 1.31 bits per heavy atom. The van der Waals surface area contributed by atoms with Crippen molar-refractivity contribution in [1.82, 2.24) is 14.4 Å². The summed E-state index contributed by atoms with van der Waals surface area (Å²) >= 11 is 1.46. The number of methoxy groups -OCH3 is 1. The molecule has 4 aromatic heterocycles. The molecule has 0 aromatic carbocycles. The fraction of sp³-hybridized carbons (Fsp3) is 0.190. The first kappa shape index (κ1) is 17.8. The molecule has 1 aliphatic rings. The molecular formula is C21H16FN3O3S. The van der Waals surface area contributed by atoms with Gasteiger partial charge in [0.05, 0.1) is 18.9 Å². The maximum Gasteiger partial charge on any atom is 0.333 e. The Morgan fingerprint density at radius 3 is 2.83 bits per heavy atom. The Morgan fingerprint density at radius 2 is 2.14 bits per heavy atom. The number of aromatic amines is 1. The Balaban J connectivity index is 1.80. The Labute approximate surface area is 168 Å². The van der Waals surface area contributed by atoms with Gasteiger partial charge in [-0.05, 0) is 41.8 Å². The summed E-state index contributed by atoms with van der Waals surface area (Å²) in [6.07, 6.45) is 6.28. The van der Waals surface area contributed by atoms with Crippen molar-refractivity contribution in [3.8, 4) is 27.3 Å². The van der Waals surface area contributed by atoms with Crippen molar-refractivity contribution in [3.05, 3.63) is 74.4 Å². The first-order chi connectivity index (χ1) is 14.1. The van der Waals surface area contributed by atoms with Crippen LogP contribution in [0.4, 0.5) is 4.39 Å². The molecule has 8 heteroatoms. The van der Waals surface area contributed by atoms with E-state index >= 15 is 4.39 Å². The Kier molecular flexibility index (Phi) is 4.09. The number of halogens is 1. The van der Waals surface area contributed by atoms with Crippen LogP contribution >= 0.6 is 11.3 Å². The molecule has 0 aliphatic heterocycles. The molecule has 0 bridgehead atoms. The van der Waals surface area contributed by atoms with Crippen LogP contribution in [0.3, 0.4) is 0 Å². The highest BCUT2D eigenvalue weighted by molar-refractivity contribution is 7.14. The lowest BCUT2D eigenvalue weighted by molar-refractivity contribution is 0.415. The molecule has 0 spiro atoms. The molecule has 1 aliphatic carbocycles. The van der Waals surface area contributed by atoms with Crippen LogP contribution in [0, 0.1) is 5.82 Å². The van der Waals surface area contributed by atoms with Crippen molar-refractivity contribution in [2.45, 2.75) is 18.8 Å². The minimum atomic E-state index is -0.681. The number of nitrogens with one attached hydrogen (secondary N) is 1. The summed E-state index contributed by atoms with van der Waals surface area (Å²) in [6, 6.07) is 5.63. The zero-order valence-electron chi connectivity index (χ0n) is 15.4. The molecular weight excluding hydrogens is 393 g/mol. The number of aromatic nitrogens is 3. The van der Waals surface area contributed by atoms with E-state index in [-0.39, 0.29) is 17.2 Å². The van der Waals surface area contributed by atoms with E-state index in [1.54, 1.807) is 12.4 Å². The van der Waals surface area contributed by atoms with Crippen LogP contribution in [0.25, 0.3) is 27.1 Å². The zero-order chi connectivity index (χ0) is 20.1. The number of thiophene rings is 1. The standard InChI is InChI=1S/C21H16FN3O3S/c1-28-19-16(13-7-15(29-10-13)12-3-2-6-23-8-12)14(22)9-25-18(19)17(11-4-5-11)20(26)24-21(25)27/h2-3,6-11H,4-5H2,1H3,(H,24,26,27). The van der Waals surface area contributed by atoms with Gasteiger partial charge in [-0.1, -0.05) is 6.07 Å². The molecule has 5 rings (SSSR count). The molecule has 0 amide bonds. The SMILES string of the molecule is COc1c(-c2csc(-c3cccnc3)c2)c(F)cn2c(=O)[nH]c(=O)c(C3CC3)c12. The number of fused-ring (bicyclic) bond motifs is 1. The van der Waals surface area contributed by atoms with Gasteiger partial charge in [0, 0.05) is 28.4 Å². The van der Waals surface area contributed by atoms with E-state index in [9.17, 15) is 9.59 Å². The van der Waals surface area contributed by atoms with Crippen molar-refractivity contribution in [2.75, 3.05) is 7.11 Å². The van der Waals surface area contributed by atoms with Crippen molar-refractivity contribution in [1.29, 1.82) is 0 Å². The van der Waals surface area contributed by atoms with Crippen molar-refractivity contribution >= 4 is 16.9 Å². The lowest BCUT2D eigenvalue weighted by Crippen LogP contribution is -2.29. The lowest BCUT2D eigenvalue weighted by atomic mass is 10.0. The van der Waals surface area contributed by atoms with Crippen LogP contribution in [0.2, 0.25) is 0 Å². The van der Waals surface area contributed by atoms with Gasteiger partial charge in [0.1, 0.15) is 5.52 Å². The van der Waals surface area contributed by atoms with Gasteiger partial charge in [0.25, 0.3) is 5.56 Å².